The number of carbonyl (C=O) groups excluding carboxylic acids is 3. The zero-order valence-electron chi connectivity index (χ0n) is 26.8. The van der Waals surface area contributed by atoms with E-state index < -0.39 is 58.8 Å². The number of aromatic nitrogens is 2. The Morgan fingerprint density at radius 2 is 1.83 bits per heavy atom. The molecule has 0 N–H and O–H groups in total. The van der Waals surface area contributed by atoms with E-state index in [1.54, 1.807) is 18.2 Å². The molecular weight excluding hydrogens is 600 g/mol. The topological polar surface area (TPSA) is 117 Å². The van der Waals surface area contributed by atoms with Crippen LogP contribution in [-0.4, -0.2) is 71.7 Å². The lowest BCUT2D eigenvalue weighted by molar-refractivity contribution is -0.160. The van der Waals surface area contributed by atoms with Crippen LogP contribution in [0.25, 0.3) is 11.0 Å². The minimum absolute atomic E-state index is 0.0229. The predicted molar refractivity (Wildman–Crippen MR) is 162 cm³/mol. The van der Waals surface area contributed by atoms with Gasteiger partial charge in [-0.05, 0) is 67.1 Å². The molecule has 2 bridgehead atoms. The maximum atomic E-state index is 16.0. The molecule has 6 rings (SSSR count). The molecule has 1 amide bonds. The summed E-state index contributed by atoms with van der Waals surface area (Å²) in [4.78, 5) is 50.6. The highest BCUT2D eigenvalue weighted by molar-refractivity contribution is 5.89. The first-order valence-electron chi connectivity index (χ1n) is 15.9. The first-order valence-corrected chi connectivity index (χ1v) is 15.9. The van der Waals surface area contributed by atoms with Gasteiger partial charge in [0.2, 0.25) is 11.8 Å². The van der Waals surface area contributed by atoms with E-state index in [-0.39, 0.29) is 42.4 Å². The fourth-order valence-corrected chi connectivity index (χ4v) is 7.39. The van der Waals surface area contributed by atoms with E-state index in [9.17, 15) is 14.4 Å². The van der Waals surface area contributed by atoms with Crippen molar-refractivity contribution >= 4 is 28.9 Å². The third-order valence-electron chi connectivity index (χ3n) is 9.98. The minimum Gasteiger partial charge on any atom is -0.497 e. The number of nitrogens with zero attached hydrogens (tertiary/aromatic N) is 3. The molecule has 4 aliphatic rings. The van der Waals surface area contributed by atoms with E-state index >= 15 is 8.78 Å². The van der Waals surface area contributed by atoms with Crippen LogP contribution in [0.3, 0.4) is 0 Å². The van der Waals surface area contributed by atoms with E-state index in [1.807, 2.05) is 20.8 Å². The van der Waals surface area contributed by atoms with Crippen LogP contribution in [0.2, 0.25) is 0 Å². The van der Waals surface area contributed by atoms with Crippen molar-refractivity contribution in [1.29, 1.82) is 0 Å². The van der Waals surface area contributed by atoms with Crippen LogP contribution in [0.4, 0.5) is 8.78 Å². The molecule has 2 aliphatic heterocycles. The van der Waals surface area contributed by atoms with Gasteiger partial charge < -0.3 is 23.8 Å². The average molecular weight is 642 g/mol. The molecule has 248 valence electrons. The number of alkyl halides is 2. The lowest BCUT2D eigenvalue weighted by Crippen LogP contribution is -2.48. The van der Waals surface area contributed by atoms with Crippen LogP contribution in [0.1, 0.15) is 65.0 Å². The molecule has 1 aromatic heterocycles. The summed E-state index contributed by atoms with van der Waals surface area (Å²) in [5, 5.41) is 0. The molecule has 3 heterocycles. The Bertz CT molecular complexity index is 1560. The standard InChI is InChI=1S/C34H41F2N3O7/c1-33(2,3)23-16-28(40)46-27-13-18-12-22(18)21(27)8-6-7-11-34(35,36)29-30(38-25-14-19(43-4)9-10-24(25)37-29)45-20-15-26(32(42)44-5)39(17-20)31(23)41/h7,9-11,14,18,20-23,26-27H,6,8,12-13,15-17H2,1-5H3/b11-7+/t18-,20+,21+,22-,23+,26-,27+/m0/s1. The van der Waals surface area contributed by atoms with E-state index in [2.05, 4.69) is 9.97 Å². The summed E-state index contributed by atoms with van der Waals surface area (Å²) in [6, 6.07) is 3.69. The number of halogens is 2. The van der Waals surface area contributed by atoms with Crippen molar-refractivity contribution in [1.82, 2.24) is 14.9 Å². The zero-order valence-corrected chi connectivity index (χ0v) is 26.8. The molecule has 2 aromatic rings. The van der Waals surface area contributed by atoms with E-state index in [4.69, 9.17) is 18.9 Å². The molecule has 46 heavy (non-hydrogen) atoms. The van der Waals surface area contributed by atoms with E-state index in [0.717, 1.165) is 18.9 Å². The maximum absolute atomic E-state index is 16.0. The maximum Gasteiger partial charge on any atom is 0.328 e. The van der Waals surface area contributed by atoms with E-state index in [0.29, 0.717) is 30.4 Å². The molecule has 0 spiro atoms. The summed E-state index contributed by atoms with van der Waals surface area (Å²) in [7, 11) is 2.70. The zero-order chi connectivity index (χ0) is 33.0. The van der Waals surface area contributed by atoms with Crippen LogP contribution >= 0.6 is 0 Å². The van der Waals surface area contributed by atoms with E-state index in [1.165, 1.54) is 25.2 Å². The van der Waals surface area contributed by atoms with Crippen molar-refractivity contribution in [3.63, 3.8) is 0 Å². The van der Waals surface area contributed by atoms with Gasteiger partial charge in [0.25, 0.3) is 0 Å². The number of hydrogen-bond acceptors (Lipinski definition) is 9. The van der Waals surface area contributed by atoms with Gasteiger partial charge in [-0.3, -0.25) is 9.59 Å². The second-order valence-corrected chi connectivity index (χ2v) is 14.1. The van der Waals surface area contributed by atoms with Gasteiger partial charge in [-0.2, -0.15) is 8.78 Å². The number of allylic oxidation sites excluding steroid dienone is 2. The molecule has 1 saturated heterocycles. The quantitative estimate of drug-likeness (QED) is 0.321. The van der Waals surface area contributed by atoms with Crippen LogP contribution in [-0.2, 0) is 29.8 Å². The Morgan fingerprint density at radius 1 is 1.04 bits per heavy atom. The number of carbonyl (C=O) groups is 3. The molecule has 7 atom stereocenters. The van der Waals surface area contributed by atoms with Gasteiger partial charge in [0.05, 0.1) is 44.1 Å². The minimum atomic E-state index is -3.54. The second-order valence-electron chi connectivity index (χ2n) is 14.1. The predicted octanol–water partition coefficient (Wildman–Crippen LogP) is 5.22. The SMILES string of the molecule is COC(=O)[C@@H]1C[C@@H]2CN1C(=O)[C@H](C(C)(C)C)CC(=O)O[C@@H]1C[C@@H]3C[C@@H]3[C@H]1CC/C=C/C(F)(F)c1nc3ccc(OC)cc3nc1O2. The van der Waals surface area contributed by atoms with Crippen molar-refractivity contribution in [2.24, 2.45) is 29.1 Å². The largest absolute Gasteiger partial charge is 0.497 e. The molecular formula is C34H41F2N3O7. The van der Waals surface area contributed by atoms with Gasteiger partial charge in [0.15, 0.2) is 5.69 Å². The highest BCUT2D eigenvalue weighted by atomic mass is 19.3. The van der Waals surface area contributed by atoms with Crippen molar-refractivity contribution in [2.45, 2.75) is 83.5 Å². The molecule has 2 saturated carbocycles. The summed E-state index contributed by atoms with van der Waals surface area (Å²) < 4.78 is 54.3. The summed E-state index contributed by atoms with van der Waals surface area (Å²) in [5.41, 5.74) is -0.800. The van der Waals surface area contributed by atoms with Crippen LogP contribution < -0.4 is 9.47 Å². The highest BCUT2D eigenvalue weighted by Crippen LogP contribution is 2.58. The van der Waals surface area contributed by atoms with Crippen LogP contribution in [0, 0.1) is 29.1 Å². The average Bonchev–Trinajstić information content (AvgIpc) is 3.50. The smallest absolute Gasteiger partial charge is 0.328 e. The van der Waals surface area contributed by atoms with Crippen LogP contribution in [0.15, 0.2) is 30.4 Å². The molecule has 1 aromatic carbocycles. The van der Waals surface area contributed by atoms with Gasteiger partial charge in [-0.25, -0.2) is 14.8 Å². The van der Waals surface area contributed by atoms with Crippen molar-refractivity contribution < 1.29 is 42.1 Å². The first-order chi connectivity index (χ1) is 21.8. The third kappa shape index (κ3) is 6.27. The monoisotopic (exact) mass is 641 g/mol. The second kappa shape index (κ2) is 12.1. The van der Waals surface area contributed by atoms with Gasteiger partial charge in [-0.1, -0.05) is 26.8 Å². The Kier molecular flexibility index (Phi) is 8.43. The highest BCUT2D eigenvalue weighted by Gasteiger charge is 2.55. The van der Waals surface area contributed by atoms with Gasteiger partial charge >= 0.3 is 17.9 Å². The van der Waals surface area contributed by atoms with Crippen LogP contribution in [0.5, 0.6) is 11.6 Å². The number of methoxy groups -OCH3 is 2. The molecule has 0 radical (unpaired) electrons. The molecule has 12 heteroatoms. The van der Waals surface area contributed by atoms with Gasteiger partial charge in [-0.15, -0.1) is 0 Å². The summed E-state index contributed by atoms with van der Waals surface area (Å²) in [6.07, 6.45) is 3.64. The Labute approximate surface area is 266 Å². The third-order valence-corrected chi connectivity index (χ3v) is 9.98. The lowest BCUT2D eigenvalue weighted by atomic mass is 9.77. The van der Waals surface area contributed by atoms with Gasteiger partial charge in [0.1, 0.15) is 24.0 Å². The number of rotatable bonds is 2. The van der Waals surface area contributed by atoms with Crippen molar-refractivity contribution in [2.75, 3.05) is 20.8 Å². The summed E-state index contributed by atoms with van der Waals surface area (Å²) in [6.45, 7) is 5.48. The molecule has 10 nitrogen and oxygen atoms in total. The van der Waals surface area contributed by atoms with Crippen molar-refractivity contribution in [3.05, 3.63) is 36.0 Å². The number of fused-ring (bicyclic) bond motifs is 7. The first kappa shape index (κ1) is 32.1. The number of amides is 1. The number of esters is 2. The summed E-state index contributed by atoms with van der Waals surface area (Å²) in [5.74, 6) is -4.92. The molecule has 2 aliphatic carbocycles. The fraction of sp³-hybridized carbons (Fsp3) is 0.618. The molecule has 0 unspecified atom stereocenters. The number of ether oxygens (including phenoxy) is 4. The normalized spacial score (nSPS) is 31.8. The van der Waals surface area contributed by atoms with Gasteiger partial charge in [0, 0.05) is 12.5 Å². The Hall–Kier alpha value is -3.83. The number of hydrogen-bond donors (Lipinski definition) is 0. The fourth-order valence-electron chi connectivity index (χ4n) is 7.39. The Morgan fingerprint density at radius 3 is 2.54 bits per heavy atom. The number of benzene rings is 1. The van der Waals surface area contributed by atoms with Crippen molar-refractivity contribution in [3.8, 4) is 11.6 Å². The lowest BCUT2D eigenvalue weighted by Gasteiger charge is -2.34. The molecule has 3 fully saturated rings. The summed E-state index contributed by atoms with van der Waals surface area (Å²) >= 11 is 0. The Balaban J connectivity index is 1.42.